The zero-order valence-electron chi connectivity index (χ0n) is 8.79. The minimum absolute atomic E-state index is 0.681. The fourth-order valence-electron chi connectivity index (χ4n) is 1.23. The van der Waals surface area contributed by atoms with E-state index < -0.39 is 0 Å². The molecule has 0 bridgehead atoms. The van der Waals surface area contributed by atoms with E-state index in [2.05, 4.69) is 16.9 Å². The van der Waals surface area contributed by atoms with Gasteiger partial charge in [-0.3, -0.25) is 0 Å². The summed E-state index contributed by atoms with van der Waals surface area (Å²) in [5.41, 5.74) is 1.01. The van der Waals surface area contributed by atoms with Crippen molar-refractivity contribution in [2.24, 2.45) is 0 Å². The number of aryl methyl sites for hydroxylation is 1. The van der Waals surface area contributed by atoms with Gasteiger partial charge in [-0.15, -0.1) is 6.58 Å². The molecule has 0 unspecified atom stereocenters. The Hall–Kier alpha value is -1.29. The van der Waals surface area contributed by atoms with E-state index in [-0.39, 0.29) is 0 Å². The minimum Gasteiger partial charge on any atom is -0.383 e. The number of nitrogens with zero attached hydrogens (tertiary/aromatic N) is 2. The lowest BCUT2D eigenvalue weighted by molar-refractivity contribution is 0.210. The molecular weight excluding hydrogens is 178 g/mol. The molecule has 0 aliphatic heterocycles. The third-order valence-electron chi connectivity index (χ3n) is 1.81. The molecule has 4 nitrogen and oxygen atoms in total. The third kappa shape index (κ3) is 2.88. The van der Waals surface area contributed by atoms with Crippen LogP contribution in [0.15, 0.2) is 18.9 Å². The predicted molar refractivity (Wildman–Crippen MR) is 57.5 cm³/mol. The lowest BCUT2D eigenvalue weighted by atomic mass is 10.5. The first-order chi connectivity index (χ1) is 6.77. The summed E-state index contributed by atoms with van der Waals surface area (Å²) < 4.78 is 6.98. The molecule has 0 spiro atoms. The maximum Gasteiger partial charge on any atom is 0.203 e. The summed E-state index contributed by atoms with van der Waals surface area (Å²) in [5, 5.41) is 3.20. The SMILES string of the molecule is C=CCn1cc(C)nc1NCCOC. The Kier molecular flexibility index (Phi) is 4.19. The molecule has 1 heterocycles. The number of rotatable bonds is 6. The molecule has 0 aliphatic rings. The number of imidazole rings is 1. The van der Waals surface area contributed by atoms with E-state index in [1.165, 1.54) is 0 Å². The van der Waals surface area contributed by atoms with Gasteiger partial charge in [-0.1, -0.05) is 6.08 Å². The van der Waals surface area contributed by atoms with Crippen LogP contribution in [0.1, 0.15) is 5.69 Å². The van der Waals surface area contributed by atoms with Gasteiger partial charge in [-0.05, 0) is 6.92 Å². The van der Waals surface area contributed by atoms with E-state index in [9.17, 15) is 0 Å². The van der Waals surface area contributed by atoms with Gasteiger partial charge in [0.2, 0.25) is 5.95 Å². The van der Waals surface area contributed by atoms with Crippen molar-refractivity contribution in [1.29, 1.82) is 0 Å². The van der Waals surface area contributed by atoms with Gasteiger partial charge >= 0.3 is 0 Å². The summed E-state index contributed by atoms with van der Waals surface area (Å²) >= 11 is 0. The van der Waals surface area contributed by atoms with Crippen molar-refractivity contribution < 1.29 is 4.74 Å². The number of methoxy groups -OCH3 is 1. The highest BCUT2D eigenvalue weighted by Gasteiger charge is 2.02. The van der Waals surface area contributed by atoms with Crippen LogP contribution in [0.4, 0.5) is 5.95 Å². The molecule has 4 heteroatoms. The second kappa shape index (κ2) is 5.44. The van der Waals surface area contributed by atoms with Gasteiger partial charge in [-0.2, -0.15) is 0 Å². The summed E-state index contributed by atoms with van der Waals surface area (Å²) in [6.45, 7) is 7.90. The van der Waals surface area contributed by atoms with Gasteiger partial charge in [0.25, 0.3) is 0 Å². The van der Waals surface area contributed by atoms with Crippen molar-refractivity contribution >= 4 is 5.95 Å². The molecule has 0 aromatic carbocycles. The van der Waals surface area contributed by atoms with Gasteiger partial charge in [0.05, 0.1) is 12.3 Å². The van der Waals surface area contributed by atoms with Crippen LogP contribution in [0.5, 0.6) is 0 Å². The van der Waals surface area contributed by atoms with Gasteiger partial charge < -0.3 is 14.6 Å². The molecule has 14 heavy (non-hydrogen) atoms. The maximum absolute atomic E-state index is 4.95. The predicted octanol–water partition coefficient (Wildman–Crippen LogP) is 1.44. The molecular formula is C10H17N3O. The molecule has 0 saturated carbocycles. The Morgan fingerprint density at radius 1 is 1.71 bits per heavy atom. The van der Waals surface area contributed by atoms with Gasteiger partial charge in [0.1, 0.15) is 0 Å². The third-order valence-corrected chi connectivity index (χ3v) is 1.81. The zero-order chi connectivity index (χ0) is 10.4. The summed E-state index contributed by atoms with van der Waals surface area (Å²) in [6.07, 6.45) is 3.85. The largest absolute Gasteiger partial charge is 0.383 e. The van der Waals surface area contributed by atoms with E-state index >= 15 is 0 Å². The Morgan fingerprint density at radius 2 is 2.50 bits per heavy atom. The first-order valence-electron chi connectivity index (χ1n) is 4.65. The molecule has 0 fully saturated rings. The minimum atomic E-state index is 0.681. The first-order valence-corrected chi connectivity index (χ1v) is 4.65. The van der Waals surface area contributed by atoms with Crippen molar-refractivity contribution in [3.8, 4) is 0 Å². The van der Waals surface area contributed by atoms with E-state index in [4.69, 9.17) is 4.74 Å². The highest BCUT2D eigenvalue weighted by Crippen LogP contribution is 2.07. The number of nitrogens with one attached hydrogen (secondary N) is 1. The monoisotopic (exact) mass is 195 g/mol. The summed E-state index contributed by atoms with van der Waals surface area (Å²) in [4.78, 5) is 4.35. The van der Waals surface area contributed by atoms with Crippen LogP contribution < -0.4 is 5.32 Å². The Bertz CT molecular complexity index is 294. The van der Waals surface area contributed by atoms with E-state index in [0.29, 0.717) is 6.61 Å². The Morgan fingerprint density at radius 3 is 3.14 bits per heavy atom. The normalized spacial score (nSPS) is 10.1. The van der Waals surface area contributed by atoms with Crippen molar-refractivity contribution in [3.63, 3.8) is 0 Å². The second-order valence-corrected chi connectivity index (χ2v) is 3.07. The number of allylic oxidation sites excluding steroid dienone is 1. The molecule has 0 saturated heterocycles. The van der Waals surface area contributed by atoms with Crippen LogP contribution in [-0.4, -0.2) is 29.8 Å². The first kappa shape index (κ1) is 10.8. The van der Waals surface area contributed by atoms with Crippen molar-refractivity contribution in [1.82, 2.24) is 9.55 Å². The molecule has 1 rings (SSSR count). The Labute approximate surface area is 84.6 Å². The van der Waals surface area contributed by atoms with Crippen LogP contribution in [0.2, 0.25) is 0 Å². The van der Waals surface area contributed by atoms with Crippen LogP contribution in [-0.2, 0) is 11.3 Å². The zero-order valence-corrected chi connectivity index (χ0v) is 8.79. The standard InChI is InChI=1S/C10H17N3O/c1-4-6-13-8-9(2)12-10(13)11-5-7-14-3/h4,8H,1,5-7H2,2-3H3,(H,11,12). The van der Waals surface area contributed by atoms with Crippen molar-refractivity contribution in [2.75, 3.05) is 25.6 Å². The van der Waals surface area contributed by atoms with Gasteiger partial charge in [0.15, 0.2) is 0 Å². The van der Waals surface area contributed by atoms with Crippen LogP contribution in [0.3, 0.4) is 0 Å². The highest BCUT2D eigenvalue weighted by atomic mass is 16.5. The topological polar surface area (TPSA) is 39.1 Å². The number of hydrogen-bond acceptors (Lipinski definition) is 3. The lowest BCUT2D eigenvalue weighted by Gasteiger charge is -2.06. The average Bonchev–Trinajstić information content (AvgIpc) is 2.48. The molecule has 1 N–H and O–H groups in total. The van der Waals surface area contributed by atoms with E-state index in [0.717, 1.165) is 24.7 Å². The Balaban J connectivity index is 2.59. The average molecular weight is 195 g/mol. The molecule has 1 aromatic heterocycles. The number of aromatic nitrogens is 2. The fraction of sp³-hybridized carbons (Fsp3) is 0.500. The lowest BCUT2D eigenvalue weighted by Crippen LogP contribution is -2.11. The number of anilines is 1. The van der Waals surface area contributed by atoms with Crippen LogP contribution in [0.25, 0.3) is 0 Å². The number of ether oxygens (including phenoxy) is 1. The molecule has 0 radical (unpaired) electrons. The summed E-state index contributed by atoms with van der Waals surface area (Å²) in [7, 11) is 1.68. The molecule has 78 valence electrons. The molecule has 0 amide bonds. The maximum atomic E-state index is 4.95. The van der Waals surface area contributed by atoms with E-state index in [1.54, 1.807) is 7.11 Å². The van der Waals surface area contributed by atoms with Gasteiger partial charge in [-0.25, -0.2) is 4.98 Å². The van der Waals surface area contributed by atoms with Crippen LogP contribution in [0, 0.1) is 6.92 Å². The second-order valence-electron chi connectivity index (χ2n) is 3.07. The molecule has 0 atom stereocenters. The van der Waals surface area contributed by atoms with Gasteiger partial charge in [0, 0.05) is 26.4 Å². The summed E-state index contributed by atoms with van der Waals surface area (Å²) in [5.74, 6) is 0.874. The fourth-order valence-corrected chi connectivity index (χ4v) is 1.23. The number of hydrogen-bond donors (Lipinski definition) is 1. The van der Waals surface area contributed by atoms with E-state index in [1.807, 2.05) is 23.8 Å². The highest BCUT2D eigenvalue weighted by molar-refractivity contribution is 5.28. The van der Waals surface area contributed by atoms with Crippen molar-refractivity contribution in [2.45, 2.75) is 13.5 Å². The quantitative estimate of drug-likeness (QED) is 0.551. The summed E-state index contributed by atoms with van der Waals surface area (Å²) in [6, 6.07) is 0. The molecule has 0 aliphatic carbocycles. The smallest absolute Gasteiger partial charge is 0.203 e. The van der Waals surface area contributed by atoms with Crippen LogP contribution >= 0.6 is 0 Å². The molecule has 1 aromatic rings. The van der Waals surface area contributed by atoms with Crippen molar-refractivity contribution in [3.05, 3.63) is 24.5 Å².